The Hall–Kier alpha value is -0.580. The topological polar surface area (TPSA) is 37.4 Å². The predicted molar refractivity (Wildman–Crippen MR) is 71.0 cm³/mol. The summed E-state index contributed by atoms with van der Waals surface area (Å²) in [4.78, 5) is 0.347. The summed E-state index contributed by atoms with van der Waals surface area (Å²) in [5.41, 5.74) is 1.05. The van der Waals surface area contributed by atoms with E-state index in [-0.39, 0.29) is 0 Å². The third kappa shape index (κ3) is 3.44. The fourth-order valence-corrected chi connectivity index (χ4v) is 3.33. The number of halogens is 1. The molecule has 0 fully saturated rings. The first-order valence-corrected chi connectivity index (χ1v) is 7.68. The number of benzene rings is 1. The number of hydrogen-bond donors (Lipinski definition) is 0. The molecule has 0 aliphatic rings. The Kier molecular flexibility index (Phi) is 5.43. The molecule has 0 amide bonds. The summed E-state index contributed by atoms with van der Waals surface area (Å²) in [6.45, 7) is 4.65. The van der Waals surface area contributed by atoms with Gasteiger partial charge in [0.15, 0.2) is 0 Å². The van der Waals surface area contributed by atoms with E-state index in [0.717, 1.165) is 12.0 Å². The summed E-state index contributed by atoms with van der Waals surface area (Å²) < 4.78 is 25.8. The van der Waals surface area contributed by atoms with Crippen LogP contribution in [-0.2, 0) is 16.4 Å². The van der Waals surface area contributed by atoms with E-state index in [1.807, 2.05) is 26.0 Å². The van der Waals surface area contributed by atoms with E-state index in [4.69, 9.17) is 11.6 Å². The van der Waals surface area contributed by atoms with E-state index in [9.17, 15) is 8.42 Å². The summed E-state index contributed by atoms with van der Waals surface area (Å²) in [5.74, 6) is 0.544. The predicted octanol–water partition coefficient (Wildman–Crippen LogP) is 2.50. The molecule has 0 radical (unpaired) electrons. The fourth-order valence-electron chi connectivity index (χ4n) is 1.65. The van der Waals surface area contributed by atoms with E-state index in [1.165, 1.54) is 4.31 Å². The second kappa shape index (κ2) is 6.38. The van der Waals surface area contributed by atoms with Crippen molar-refractivity contribution in [1.29, 1.82) is 0 Å². The van der Waals surface area contributed by atoms with Crippen LogP contribution in [0.25, 0.3) is 0 Å². The number of aryl methyl sites for hydroxylation is 1. The van der Waals surface area contributed by atoms with Crippen molar-refractivity contribution in [3.05, 3.63) is 29.8 Å². The maximum atomic E-state index is 12.2. The van der Waals surface area contributed by atoms with Crippen LogP contribution in [0.2, 0.25) is 0 Å². The van der Waals surface area contributed by atoms with Crippen molar-refractivity contribution in [3.8, 4) is 0 Å². The van der Waals surface area contributed by atoms with Crippen LogP contribution in [0.1, 0.15) is 19.4 Å². The minimum atomic E-state index is -3.33. The smallest absolute Gasteiger partial charge is 0.207 e. The van der Waals surface area contributed by atoms with E-state index in [1.54, 1.807) is 12.1 Å². The Balaban J connectivity index is 2.99. The van der Waals surface area contributed by atoms with Crippen LogP contribution in [0.5, 0.6) is 0 Å². The van der Waals surface area contributed by atoms with Crippen molar-refractivity contribution in [2.75, 3.05) is 19.0 Å². The van der Waals surface area contributed by atoms with Gasteiger partial charge in [-0.2, -0.15) is 4.31 Å². The van der Waals surface area contributed by atoms with Crippen molar-refractivity contribution >= 4 is 21.6 Å². The Morgan fingerprint density at radius 1 is 1.12 bits per heavy atom. The quantitative estimate of drug-likeness (QED) is 0.748. The molecule has 0 aromatic heterocycles. The molecule has 3 nitrogen and oxygen atoms in total. The number of hydrogen-bond acceptors (Lipinski definition) is 2. The molecule has 0 heterocycles. The number of alkyl halides is 1. The van der Waals surface area contributed by atoms with Crippen molar-refractivity contribution in [3.63, 3.8) is 0 Å². The Labute approximate surface area is 108 Å². The highest BCUT2D eigenvalue weighted by atomic mass is 35.5. The second-order valence-electron chi connectivity index (χ2n) is 3.67. The van der Waals surface area contributed by atoms with E-state index < -0.39 is 10.0 Å². The summed E-state index contributed by atoms with van der Waals surface area (Å²) in [7, 11) is -3.33. The zero-order chi connectivity index (χ0) is 12.9. The highest BCUT2D eigenvalue weighted by molar-refractivity contribution is 7.89. The maximum Gasteiger partial charge on any atom is 0.243 e. The molecule has 0 unspecified atom stereocenters. The van der Waals surface area contributed by atoms with Gasteiger partial charge in [-0.15, -0.1) is 11.6 Å². The normalized spacial score (nSPS) is 12.0. The fraction of sp³-hybridized carbons (Fsp3) is 0.500. The van der Waals surface area contributed by atoms with Crippen LogP contribution in [0, 0.1) is 0 Å². The van der Waals surface area contributed by atoms with Gasteiger partial charge in [-0.3, -0.25) is 0 Å². The van der Waals surface area contributed by atoms with Crippen molar-refractivity contribution in [1.82, 2.24) is 4.31 Å². The van der Waals surface area contributed by atoms with E-state index in [2.05, 4.69) is 0 Å². The van der Waals surface area contributed by atoms with Crippen molar-refractivity contribution < 1.29 is 8.42 Å². The van der Waals surface area contributed by atoms with Crippen LogP contribution in [0.15, 0.2) is 29.2 Å². The molecule has 1 aromatic carbocycles. The SMILES string of the molecule is CCN(CC)S(=O)(=O)c1ccc(CCCl)cc1. The zero-order valence-electron chi connectivity index (χ0n) is 10.2. The third-order valence-electron chi connectivity index (χ3n) is 2.65. The molecular formula is C12H18ClNO2S. The van der Waals surface area contributed by atoms with Gasteiger partial charge in [0.2, 0.25) is 10.0 Å². The molecule has 0 bridgehead atoms. The summed E-state index contributed by atoms with van der Waals surface area (Å²) in [6.07, 6.45) is 0.757. The van der Waals surface area contributed by atoms with Gasteiger partial charge in [0.25, 0.3) is 0 Å². The van der Waals surface area contributed by atoms with Gasteiger partial charge >= 0.3 is 0 Å². The van der Waals surface area contributed by atoms with Crippen LogP contribution < -0.4 is 0 Å². The lowest BCUT2D eigenvalue weighted by atomic mass is 10.2. The average Bonchev–Trinajstić information content (AvgIpc) is 2.31. The third-order valence-corrected chi connectivity index (χ3v) is 4.90. The molecule has 1 aromatic rings. The standard InChI is InChI=1S/C12H18ClNO2S/c1-3-14(4-2)17(15,16)12-7-5-11(6-8-12)9-10-13/h5-8H,3-4,9-10H2,1-2H3. The van der Waals surface area contributed by atoms with E-state index in [0.29, 0.717) is 23.9 Å². The number of rotatable bonds is 6. The second-order valence-corrected chi connectivity index (χ2v) is 5.99. The van der Waals surface area contributed by atoms with Crippen molar-refractivity contribution in [2.45, 2.75) is 25.2 Å². The van der Waals surface area contributed by atoms with Gasteiger partial charge < -0.3 is 0 Å². The maximum absolute atomic E-state index is 12.2. The van der Waals surface area contributed by atoms with Gasteiger partial charge in [-0.05, 0) is 24.1 Å². The molecule has 0 saturated carbocycles. The molecule has 0 spiro atoms. The first kappa shape index (κ1) is 14.5. The van der Waals surface area contributed by atoms with Crippen LogP contribution in [0.4, 0.5) is 0 Å². The number of sulfonamides is 1. The Morgan fingerprint density at radius 3 is 2.06 bits per heavy atom. The Morgan fingerprint density at radius 2 is 1.65 bits per heavy atom. The minimum absolute atomic E-state index is 0.347. The molecule has 0 atom stereocenters. The molecule has 0 saturated heterocycles. The average molecular weight is 276 g/mol. The summed E-state index contributed by atoms with van der Waals surface area (Å²) in [5, 5.41) is 0. The largest absolute Gasteiger partial charge is 0.243 e. The van der Waals surface area contributed by atoms with Gasteiger partial charge in [-0.25, -0.2) is 8.42 Å². The first-order valence-electron chi connectivity index (χ1n) is 5.71. The highest BCUT2D eigenvalue weighted by Gasteiger charge is 2.20. The van der Waals surface area contributed by atoms with Gasteiger partial charge in [0, 0.05) is 19.0 Å². The lowest BCUT2D eigenvalue weighted by Crippen LogP contribution is -2.30. The monoisotopic (exact) mass is 275 g/mol. The molecule has 96 valence electrons. The van der Waals surface area contributed by atoms with Crippen LogP contribution >= 0.6 is 11.6 Å². The van der Waals surface area contributed by atoms with Gasteiger partial charge in [0.05, 0.1) is 4.90 Å². The molecule has 0 N–H and O–H groups in total. The van der Waals surface area contributed by atoms with Crippen LogP contribution in [-0.4, -0.2) is 31.7 Å². The Bertz CT molecular complexity index is 438. The minimum Gasteiger partial charge on any atom is -0.207 e. The van der Waals surface area contributed by atoms with Gasteiger partial charge in [0.1, 0.15) is 0 Å². The van der Waals surface area contributed by atoms with Crippen LogP contribution in [0.3, 0.4) is 0 Å². The lowest BCUT2D eigenvalue weighted by molar-refractivity contribution is 0.445. The first-order chi connectivity index (χ1) is 8.06. The zero-order valence-corrected chi connectivity index (χ0v) is 11.8. The molecule has 5 heteroatoms. The van der Waals surface area contributed by atoms with E-state index >= 15 is 0 Å². The highest BCUT2D eigenvalue weighted by Crippen LogP contribution is 2.16. The molecule has 0 aliphatic heterocycles. The van der Waals surface area contributed by atoms with Crippen molar-refractivity contribution in [2.24, 2.45) is 0 Å². The summed E-state index contributed by atoms with van der Waals surface area (Å²) in [6, 6.07) is 6.93. The number of nitrogens with zero attached hydrogens (tertiary/aromatic N) is 1. The molecule has 0 aliphatic carbocycles. The molecule has 1 rings (SSSR count). The summed E-state index contributed by atoms with van der Waals surface area (Å²) >= 11 is 5.63. The molecular weight excluding hydrogens is 258 g/mol. The molecule has 17 heavy (non-hydrogen) atoms. The van der Waals surface area contributed by atoms with Gasteiger partial charge in [-0.1, -0.05) is 26.0 Å². The lowest BCUT2D eigenvalue weighted by Gasteiger charge is -2.18.